The highest BCUT2D eigenvalue weighted by Crippen LogP contribution is 2.33. The minimum absolute atomic E-state index is 0.0887. The van der Waals surface area contributed by atoms with Gasteiger partial charge in [-0.3, -0.25) is 0 Å². The maximum atomic E-state index is 10.4. The average molecular weight is 557 g/mol. The van der Waals surface area contributed by atoms with Gasteiger partial charge in [0, 0.05) is 38.5 Å². The Bertz CT molecular complexity index is 851. The summed E-state index contributed by atoms with van der Waals surface area (Å²) in [5.41, 5.74) is 3.55. The Kier molecular flexibility index (Phi) is 16.4. The van der Waals surface area contributed by atoms with E-state index in [-0.39, 0.29) is 24.9 Å². The van der Waals surface area contributed by atoms with Crippen molar-refractivity contribution >= 4 is 11.6 Å². The van der Waals surface area contributed by atoms with E-state index in [1.54, 1.807) is 21.0 Å². The molecular weight excluding hydrogens is 508 g/mol. The molecule has 0 radical (unpaired) electrons. The molecule has 0 bridgehead atoms. The van der Waals surface area contributed by atoms with Crippen LogP contribution < -0.4 is 0 Å². The van der Waals surface area contributed by atoms with Crippen LogP contribution in [0.5, 0.6) is 0 Å². The number of aliphatic hydroxyl groups excluding tert-OH is 2. The van der Waals surface area contributed by atoms with Gasteiger partial charge >= 0.3 is 0 Å². The standard InChI is InChI=1S/C29H45ClO6.CH4O/c1-7-21(10-9-11-24(8-2)33-5)16-23-13-12-22(14-15-27(23)30)28-18-25(17-26(19-31)36-28)35-20(3)29(4,32)34-6;1-2/h10-12,14-15,20,25-26,28,31-32H,7-9,13,16-19H2,1-6H3;2H,1H3/b21-10+,24-11+;/t20?,25?,26?,28?,29-;/m0./s1. The molecule has 0 saturated carbocycles. The first-order valence-electron chi connectivity index (χ1n) is 13.5. The highest BCUT2D eigenvalue weighted by Gasteiger charge is 2.36. The minimum atomic E-state index is -1.39. The van der Waals surface area contributed by atoms with Gasteiger partial charge in [0.25, 0.3) is 0 Å². The number of allylic oxidation sites excluding steroid dienone is 8. The number of ether oxygens (including phenoxy) is 4. The summed E-state index contributed by atoms with van der Waals surface area (Å²) in [7, 11) is 4.17. The summed E-state index contributed by atoms with van der Waals surface area (Å²) in [5.74, 6) is -0.390. The summed E-state index contributed by atoms with van der Waals surface area (Å²) in [6, 6.07) is 0. The first kappa shape index (κ1) is 34.6. The van der Waals surface area contributed by atoms with Crippen LogP contribution in [0.15, 0.2) is 57.9 Å². The Hall–Kier alpha value is -1.45. The van der Waals surface area contributed by atoms with E-state index < -0.39 is 11.9 Å². The summed E-state index contributed by atoms with van der Waals surface area (Å²) >= 11 is 6.69. The molecule has 1 aliphatic heterocycles. The van der Waals surface area contributed by atoms with Crippen LogP contribution in [0.25, 0.3) is 0 Å². The molecule has 1 fully saturated rings. The number of aliphatic hydroxyl groups is 3. The van der Waals surface area contributed by atoms with E-state index in [0.717, 1.165) is 55.6 Å². The van der Waals surface area contributed by atoms with Gasteiger partial charge in [-0.15, -0.1) is 0 Å². The molecule has 1 aliphatic carbocycles. The molecule has 38 heavy (non-hydrogen) atoms. The molecule has 2 rings (SSSR count). The van der Waals surface area contributed by atoms with Gasteiger partial charge in [-0.1, -0.05) is 49.2 Å². The molecule has 0 spiro atoms. The smallest absolute Gasteiger partial charge is 0.188 e. The molecule has 0 aromatic heterocycles. The van der Waals surface area contributed by atoms with E-state index in [1.807, 2.05) is 12.2 Å². The van der Waals surface area contributed by atoms with Crippen molar-refractivity contribution in [2.24, 2.45) is 0 Å². The molecule has 7 nitrogen and oxygen atoms in total. The fraction of sp³-hybridized carbons (Fsp3) is 0.667. The zero-order valence-corrected chi connectivity index (χ0v) is 25.0. The molecule has 5 atom stereocenters. The van der Waals surface area contributed by atoms with Crippen molar-refractivity contribution in [1.29, 1.82) is 0 Å². The second-order valence-electron chi connectivity index (χ2n) is 9.61. The number of hydrogen-bond acceptors (Lipinski definition) is 7. The quantitative estimate of drug-likeness (QED) is 0.152. The zero-order valence-electron chi connectivity index (χ0n) is 24.2. The molecule has 1 saturated heterocycles. The predicted molar refractivity (Wildman–Crippen MR) is 153 cm³/mol. The van der Waals surface area contributed by atoms with E-state index in [0.29, 0.717) is 12.8 Å². The van der Waals surface area contributed by atoms with Gasteiger partial charge in [0.05, 0.1) is 37.8 Å². The molecule has 4 unspecified atom stereocenters. The topological polar surface area (TPSA) is 97.6 Å². The number of methoxy groups -OCH3 is 2. The number of halogens is 1. The predicted octanol–water partition coefficient (Wildman–Crippen LogP) is 5.70. The van der Waals surface area contributed by atoms with Crippen LogP contribution in [0, 0.1) is 0 Å². The van der Waals surface area contributed by atoms with Gasteiger partial charge in [-0.2, -0.15) is 0 Å². The summed E-state index contributed by atoms with van der Waals surface area (Å²) < 4.78 is 22.8. The van der Waals surface area contributed by atoms with Gasteiger partial charge in [0.1, 0.15) is 6.10 Å². The highest BCUT2D eigenvalue weighted by molar-refractivity contribution is 6.31. The second-order valence-corrected chi connectivity index (χ2v) is 10.0. The van der Waals surface area contributed by atoms with E-state index in [4.69, 9.17) is 35.7 Å². The van der Waals surface area contributed by atoms with Crippen LogP contribution in [-0.2, 0) is 18.9 Å². The number of hydrogen-bond donors (Lipinski definition) is 3. The van der Waals surface area contributed by atoms with Crippen LogP contribution in [0.3, 0.4) is 0 Å². The Morgan fingerprint density at radius 1 is 1.18 bits per heavy atom. The van der Waals surface area contributed by atoms with Crippen LogP contribution in [0.2, 0.25) is 0 Å². The van der Waals surface area contributed by atoms with Crippen LogP contribution in [0.1, 0.15) is 72.6 Å². The van der Waals surface area contributed by atoms with E-state index in [1.165, 1.54) is 18.3 Å². The largest absolute Gasteiger partial charge is 0.501 e. The molecule has 3 N–H and O–H groups in total. The van der Waals surface area contributed by atoms with Gasteiger partial charge in [-0.25, -0.2) is 0 Å². The Morgan fingerprint density at radius 3 is 2.47 bits per heavy atom. The summed E-state index contributed by atoms with van der Waals surface area (Å²) in [6.07, 6.45) is 14.7. The lowest BCUT2D eigenvalue weighted by atomic mass is 9.94. The van der Waals surface area contributed by atoms with E-state index in [9.17, 15) is 10.2 Å². The van der Waals surface area contributed by atoms with Gasteiger partial charge in [0.15, 0.2) is 5.79 Å². The Labute approximate surface area is 234 Å². The van der Waals surface area contributed by atoms with Crippen molar-refractivity contribution in [3.05, 3.63) is 57.9 Å². The van der Waals surface area contributed by atoms with Crippen molar-refractivity contribution in [3.63, 3.8) is 0 Å². The average Bonchev–Trinajstić information content (AvgIpc) is 3.12. The third kappa shape index (κ3) is 11.0. The first-order chi connectivity index (χ1) is 18.2. The highest BCUT2D eigenvalue weighted by atomic mass is 35.5. The van der Waals surface area contributed by atoms with Crippen molar-refractivity contribution in [1.82, 2.24) is 0 Å². The molecule has 1 heterocycles. The molecular formula is C30H49ClO7. The monoisotopic (exact) mass is 556 g/mol. The fourth-order valence-corrected chi connectivity index (χ4v) is 4.64. The van der Waals surface area contributed by atoms with Crippen molar-refractivity contribution in [3.8, 4) is 0 Å². The molecule has 2 aliphatic rings. The summed E-state index contributed by atoms with van der Waals surface area (Å²) in [6.45, 7) is 7.54. The molecule has 0 aromatic rings. The lowest BCUT2D eigenvalue weighted by molar-refractivity contribution is -0.256. The molecule has 0 aromatic carbocycles. The fourth-order valence-electron chi connectivity index (χ4n) is 4.43. The minimum Gasteiger partial charge on any atom is -0.501 e. The Balaban J connectivity index is 0.00000352. The molecule has 0 amide bonds. The molecule has 8 heteroatoms. The lowest BCUT2D eigenvalue weighted by Gasteiger charge is -2.38. The van der Waals surface area contributed by atoms with Gasteiger partial charge in [0.2, 0.25) is 0 Å². The maximum absolute atomic E-state index is 10.4. The first-order valence-corrected chi connectivity index (χ1v) is 13.9. The normalized spacial score (nSPS) is 25.1. The van der Waals surface area contributed by atoms with Gasteiger partial charge < -0.3 is 34.3 Å². The van der Waals surface area contributed by atoms with Crippen LogP contribution in [0.4, 0.5) is 0 Å². The van der Waals surface area contributed by atoms with Crippen molar-refractivity contribution in [2.45, 2.75) is 103 Å². The third-order valence-corrected chi connectivity index (χ3v) is 7.49. The maximum Gasteiger partial charge on any atom is 0.188 e. The van der Waals surface area contributed by atoms with Crippen LogP contribution >= 0.6 is 11.6 Å². The van der Waals surface area contributed by atoms with Crippen molar-refractivity contribution in [2.75, 3.05) is 27.9 Å². The third-order valence-electron chi connectivity index (χ3n) is 7.10. The van der Waals surface area contributed by atoms with Gasteiger partial charge in [-0.05, 0) is 62.8 Å². The number of rotatable bonds is 13. The van der Waals surface area contributed by atoms with Crippen LogP contribution in [-0.4, -0.2) is 73.5 Å². The van der Waals surface area contributed by atoms with E-state index >= 15 is 0 Å². The van der Waals surface area contributed by atoms with Crippen molar-refractivity contribution < 1.29 is 34.3 Å². The SMILES string of the molecule is CC/C(=C\C/C=C(\CC)OC)CC1=C(Cl)C=CC(C2CC(OC(C)[C@@](C)(O)OC)CC(CO)O2)=CC1.CO. The summed E-state index contributed by atoms with van der Waals surface area (Å²) in [5, 5.41) is 28.0. The second kappa shape index (κ2) is 18.0. The molecule has 218 valence electrons. The summed E-state index contributed by atoms with van der Waals surface area (Å²) in [4.78, 5) is 0. The van der Waals surface area contributed by atoms with E-state index in [2.05, 4.69) is 32.1 Å². The lowest BCUT2D eigenvalue weighted by Crippen LogP contribution is -2.46. The zero-order chi connectivity index (χ0) is 28.7. The Morgan fingerprint density at radius 2 is 1.89 bits per heavy atom.